The third kappa shape index (κ3) is 4.01. The van der Waals surface area contributed by atoms with Crippen LogP contribution in [0.2, 0.25) is 0 Å². The lowest BCUT2D eigenvalue weighted by Crippen LogP contribution is -2.39. The molecule has 1 amide bonds. The normalized spacial score (nSPS) is 18.3. The van der Waals surface area contributed by atoms with Crippen molar-refractivity contribution in [3.8, 4) is 0 Å². The Morgan fingerprint density at radius 2 is 2.33 bits per heavy atom. The number of nitro groups is 1. The molecule has 1 N–H and O–H groups in total. The summed E-state index contributed by atoms with van der Waals surface area (Å²) in [6, 6.07) is 4.25. The monoisotopic (exact) mass is 355 g/mol. The van der Waals surface area contributed by atoms with E-state index < -0.39 is 4.92 Å². The van der Waals surface area contributed by atoms with Gasteiger partial charge in [0.25, 0.3) is 11.6 Å². The number of nitrogens with one attached hydrogen (secondary N) is 1. The van der Waals surface area contributed by atoms with Crippen molar-refractivity contribution in [3.05, 3.63) is 38.3 Å². The third-order valence-corrected chi connectivity index (χ3v) is 4.36. The van der Waals surface area contributed by atoms with Gasteiger partial charge in [-0.3, -0.25) is 14.9 Å². The molecule has 0 bridgehead atoms. The minimum Gasteiger partial charge on any atom is -0.341 e. The Hall–Kier alpha value is -1.47. The number of hydrogen-bond acceptors (Lipinski definition) is 4. The van der Waals surface area contributed by atoms with Gasteiger partial charge in [0.05, 0.1) is 10.5 Å². The molecule has 1 saturated heterocycles. The van der Waals surface area contributed by atoms with Crippen molar-refractivity contribution in [1.29, 1.82) is 0 Å². The maximum absolute atomic E-state index is 12.5. The lowest BCUT2D eigenvalue weighted by Gasteiger charge is -2.27. The van der Waals surface area contributed by atoms with Crippen LogP contribution < -0.4 is 5.32 Å². The van der Waals surface area contributed by atoms with Crippen LogP contribution in [-0.2, 0) is 0 Å². The molecule has 1 atom stereocenters. The highest BCUT2D eigenvalue weighted by Gasteiger charge is 2.22. The number of piperidine rings is 1. The minimum absolute atomic E-state index is 0.0747. The van der Waals surface area contributed by atoms with Crippen molar-refractivity contribution in [1.82, 2.24) is 10.2 Å². The van der Waals surface area contributed by atoms with Crippen molar-refractivity contribution >= 4 is 27.5 Å². The smallest absolute Gasteiger partial charge is 0.270 e. The van der Waals surface area contributed by atoms with Crippen LogP contribution in [-0.4, -0.2) is 42.4 Å². The summed E-state index contributed by atoms with van der Waals surface area (Å²) in [4.78, 5) is 24.4. The molecule has 2 rings (SSSR count). The highest BCUT2D eigenvalue weighted by Crippen LogP contribution is 2.24. The maximum atomic E-state index is 12.5. The second-order valence-corrected chi connectivity index (χ2v) is 6.17. The molecule has 1 unspecified atom stereocenters. The Labute approximate surface area is 131 Å². The molecular formula is C14H18BrN3O3. The number of benzene rings is 1. The van der Waals surface area contributed by atoms with Crippen molar-refractivity contribution in [3.63, 3.8) is 0 Å². The summed E-state index contributed by atoms with van der Waals surface area (Å²) in [5.41, 5.74) is 0.254. The van der Waals surface area contributed by atoms with Gasteiger partial charge in [-0.1, -0.05) is 0 Å². The zero-order chi connectivity index (χ0) is 15.4. The molecule has 114 valence electrons. The summed E-state index contributed by atoms with van der Waals surface area (Å²) in [5, 5.41) is 14.1. The number of nitro benzene ring substituents is 1. The fourth-order valence-electron chi connectivity index (χ4n) is 2.55. The van der Waals surface area contributed by atoms with E-state index in [1.165, 1.54) is 12.1 Å². The molecule has 1 fully saturated rings. The fourth-order valence-corrected chi connectivity index (χ4v) is 2.96. The molecule has 0 aliphatic carbocycles. The molecule has 1 aromatic carbocycles. The van der Waals surface area contributed by atoms with E-state index in [4.69, 9.17) is 0 Å². The first-order valence-corrected chi connectivity index (χ1v) is 7.68. The first kappa shape index (κ1) is 15.9. The van der Waals surface area contributed by atoms with Gasteiger partial charge in [-0.2, -0.15) is 0 Å². The number of hydrogen-bond donors (Lipinski definition) is 1. The summed E-state index contributed by atoms with van der Waals surface area (Å²) in [6.45, 7) is 2.60. The Balaban J connectivity index is 2.10. The fraction of sp³-hybridized carbons (Fsp3) is 0.500. The van der Waals surface area contributed by atoms with Gasteiger partial charge >= 0.3 is 0 Å². The molecule has 0 spiro atoms. The molecular weight excluding hydrogens is 338 g/mol. The highest BCUT2D eigenvalue weighted by molar-refractivity contribution is 9.10. The zero-order valence-electron chi connectivity index (χ0n) is 11.8. The van der Waals surface area contributed by atoms with Gasteiger partial charge in [0.1, 0.15) is 0 Å². The first-order chi connectivity index (χ1) is 9.99. The summed E-state index contributed by atoms with van der Waals surface area (Å²) in [5.74, 6) is 0.237. The molecule has 1 aliphatic rings. The van der Waals surface area contributed by atoms with E-state index in [1.807, 2.05) is 0 Å². The molecule has 0 saturated carbocycles. The van der Waals surface area contributed by atoms with E-state index in [1.54, 1.807) is 18.0 Å². The van der Waals surface area contributed by atoms with Crippen LogP contribution in [0, 0.1) is 16.0 Å². The van der Waals surface area contributed by atoms with Gasteiger partial charge in [-0.15, -0.1) is 0 Å². The molecule has 1 aliphatic heterocycles. The third-order valence-electron chi connectivity index (χ3n) is 3.67. The van der Waals surface area contributed by atoms with Gasteiger partial charge in [-0.25, -0.2) is 0 Å². The lowest BCUT2D eigenvalue weighted by atomic mass is 9.99. The van der Waals surface area contributed by atoms with Gasteiger partial charge in [0, 0.05) is 30.2 Å². The highest BCUT2D eigenvalue weighted by atomic mass is 79.9. The number of carbonyl (C=O) groups excluding carboxylic acids is 1. The van der Waals surface area contributed by atoms with Gasteiger partial charge in [0.2, 0.25) is 0 Å². The van der Waals surface area contributed by atoms with Crippen LogP contribution in [0.25, 0.3) is 0 Å². The van der Waals surface area contributed by atoms with E-state index in [9.17, 15) is 14.9 Å². The molecule has 21 heavy (non-hydrogen) atoms. The van der Waals surface area contributed by atoms with E-state index in [0.717, 1.165) is 25.9 Å². The van der Waals surface area contributed by atoms with Gasteiger partial charge < -0.3 is 10.2 Å². The van der Waals surface area contributed by atoms with Crippen LogP contribution >= 0.6 is 15.9 Å². The van der Waals surface area contributed by atoms with Crippen molar-refractivity contribution in [2.24, 2.45) is 5.92 Å². The Morgan fingerprint density at radius 3 is 2.95 bits per heavy atom. The molecule has 1 aromatic rings. The number of nitrogens with zero attached hydrogens (tertiary/aromatic N) is 2. The number of carbonyl (C=O) groups is 1. The van der Waals surface area contributed by atoms with Gasteiger partial charge in [0.15, 0.2) is 0 Å². The number of non-ortho nitro benzene ring substituents is 1. The van der Waals surface area contributed by atoms with E-state index in [-0.39, 0.29) is 11.6 Å². The SMILES string of the molecule is CN(CC1CCCNC1)C(=O)c1cc([N+](=O)[O-])ccc1Br. The van der Waals surface area contributed by atoms with Crippen molar-refractivity contribution in [2.75, 3.05) is 26.7 Å². The average molecular weight is 356 g/mol. The first-order valence-electron chi connectivity index (χ1n) is 6.89. The topological polar surface area (TPSA) is 75.5 Å². The molecule has 7 heteroatoms. The lowest BCUT2D eigenvalue weighted by molar-refractivity contribution is -0.384. The number of rotatable bonds is 4. The number of amides is 1. The Kier molecular flexibility index (Phi) is 5.30. The standard InChI is InChI=1S/C14H18BrN3O3/c1-17(9-10-3-2-6-16-8-10)14(19)12-7-11(18(20)21)4-5-13(12)15/h4-5,7,10,16H,2-3,6,8-9H2,1H3. The van der Waals surface area contributed by atoms with Gasteiger partial charge in [-0.05, 0) is 53.8 Å². The number of halogens is 1. The predicted octanol–water partition coefficient (Wildman–Crippen LogP) is 2.43. The maximum Gasteiger partial charge on any atom is 0.270 e. The summed E-state index contributed by atoms with van der Waals surface area (Å²) in [7, 11) is 1.74. The second-order valence-electron chi connectivity index (χ2n) is 5.32. The van der Waals surface area contributed by atoms with Crippen LogP contribution in [0.5, 0.6) is 0 Å². The Bertz CT molecular complexity index is 544. The summed E-state index contributed by atoms with van der Waals surface area (Å²) < 4.78 is 0.576. The van der Waals surface area contributed by atoms with Crippen molar-refractivity contribution in [2.45, 2.75) is 12.8 Å². The van der Waals surface area contributed by atoms with Crippen LogP contribution in [0.15, 0.2) is 22.7 Å². The quantitative estimate of drug-likeness (QED) is 0.664. The average Bonchev–Trinajstić information content (AvgIpc) is 2.47. The summed E-state index contributed by atoms with van der Waals surface area (Å²) in [6.07, 6.45) is 2.22. The largest absolute Gasteiger partial charge is 0.341 e. The summed E-state index contributed by atoms with van der Waals surface area (Å²) >= 11 is 3.29. The van der Waals surface area contributed by atoms with E-state index >= 15 is 0 Å². The van der Waals surface area contributed by atoms with Crippen LogP contribution in [0.4, 0.5) is 5.69 Å². The minimum atomic E-state index is -0.492. The molecule has 6 nitrogen and oxygen atoms in total. The molecule has 0 aromatic heterocycles. The molecule has 1 heterocycles. The predicted molar refractivity (Wildman–Crippen MR) is 83.4 cm³/mol. The zero-order valence-corrected chi connectivity index (χ0v) is 13.4. The van der Waals surface area contributed by atoms with Crippen LogP contribution in [0.3, 0.4) is 0 Å². The van der Waals surface area contributed by atoms with Crippen molar-refractivity contribution < 1.29 is 9.72 Å². The van der Waals surface area contributed by atoms with E-state index in [2.05, 4.69) is 21.2 Å². The second kappa shape index (κ2) is 7.00. The van der Waals surface area contributed by atoms with E-state index in [0.29, 0.717) is 22.5 Å². The Morgan fingerprint density at radius 1 is 1.57 bits per heavy atom. The van der Waals surface area contributed by atoms with Crippen LogP contribution in [0.1, 0.15) is 23.2 Å². The molecule has 0 radical (unpaired) electrons.